The SMILES string of the molecule is COc1cc(Oc2ccc(Cl)c(Cl)c2)ccc1N. The number of ether oxygens (including phenoxy) is 2. The Hall–Kier alpha value is -1.58. The lowest BCUT2D eigenvalue weighted by Gasteiger charge is -2.09. The maximum Gasteiger partial charge on any atom is 0.145 e. The predicted octanol–water partition coefficient (Wildman–Crippen LogP) is 4.38. The van der Waals surface area contributed by atoms with Crippen molar-refractivity contribution in [3.63, 3.8) is 0 Å². The first-order valence-electron chi connectivity index (χ1n) is 5.16. The first kappa shape index (κ1) is 12.9. The van der Waals surface area contributed by atoms with Crippen LogP contribution in [0.3, 0.4) is 0 Å². The third kappa shape index (κ3) is 2.81. The molecule has 3 nitrogen and oxygen atoms in total. The number of anilines is 1. The highest BCUT2D eigenvalue weighted by molar-refractivity contribution is 6.42. The van der Waals surface area contributed by atoms with Crippen LogP contribution in [0.2, 0.25) is 10.0 Å². The van der Waals surface area contributed by atoms with Crippen LogP contribution < -0.4 is 15.2 Å². The molecule has 0 saturated carbocycles. The molecule has 2 N–H and O–H groups in total. The number of halogens is 2. The number of hydrogen-bond acceptors (Lipinski definition) is 3. The number of nitrogen functional groups attached to an aromatic ring is 1. The highest BCUT2D eigenvalue weighted by Gasteiger charge is 2.05. The second-order valence-corrected chi connectivity index (χ2v) is 4.40. The van der Waals surface area contributed by atoms with E-state index in [-0.39, 0.29) is 0 Å². The van der Waals surface area contributed by atoms with Gasteiger partial charge in [-0.1, -0.05) is 23.2 Å². The van der Waals surface area contributed by atoms with E-state index in [2.05, 4.69) is 0 Å². The van der Waals surface area contributed by atoms with Gasteiger partial charge >= 0.3 is 0 Å². The number of rotatable bonds is 3. The number of methoxy groups -OCH3 is 1. The summed E-state index contributed by atoms with van der Waals surface area (Å²) in [6.07, 6.45) is 0. The van der Waals surface area contributed by atoms with Crippen LogP contribution in [-0.4, -0.2) is 7.11 Å². The van der Waals surface area contributed by atoms with Gasteiger partial charge in [-0.25, -0.2) is 0 Å². The van der Waals surface area contributed by atoms with Crippen molar-refractivity contribution in [2.75, 3.05) is 12.8 Å². The second kappa shape index (κ2) is 5.38. The molecular weight excluding hydrogens is 273 g/mol. The summed E-state index contributed by atoms with van der Waals surface area (Å²) in [6.45, 7) is 0. The topological polar surface area (TPSA) is 44.5 Å². The molecule has 0 fully saturated rings. The van der Waals surface area contributed by atoms with E-state index in [1.807, 2.05) is 0 Å². The smallest absolute Gasteiger partial charge is 0.145 e. The standard InChI is InChI=1S/C13H11Cl2NO2/c1-17-13-7-9(3-5-12(13)16)18-8-2-4-10(14)11(15)6-8/h2-7H,16H2,1H3. The van der Waals surface area contributed by atoms with Crippen molar-refractivity contribution >= 4 is 28.9 Å². The largest absolute Gasteiger partial charge is 0.494 e. The fraction of sp³-hybridized carbons (Fsp3) is 0.0769. The van der Waals surface area contributed by atoms with Gasteiger partial charge in [0.2, 0.25) is 0 Å². The fourth-order valence-corrected chi connectivity index (χ4v) is 1.72. The van der Waals surface area contributed by atoms with Gasteiger partial charge in [0.05, 0.1) is 22.8 Å². The lowest BCUT2D eigenvalue weighted by Crippen LogP contribution is -1.93. The molecule has 0 aliphatic rings. The molecule has 0 aliphatic carbocycles. The Morgan fingerprint density at radius 1 is 0.944 bits per heavy atom. The van der Waals surface area contributed by atoms with Crippen LogP contribution in [0.1, 0.15) is 0 Å². The Morgan fingerprint density at radius 2 is 1.61 bits per heavy atom. The van der Waals surface area contributed by atoms with Crippen LogP contribution in [0, 0.1) is 0 Å². The molecule has 0 unspecified atom stereocenters. The van der Waals surface area contributed by atoms with Crippen molar-refractivity contribution in [2.24, 2.45) is 0 Å². The zero-order valence-corrected chi connectivity index (χ0v) is 11.1. The van der Waals surface area contributed by atoms with Gasteiger partial charge in [0.1, 0.15) is 17.2 Å². The molecule has 2 aromatic rings. The Balaban J connectivity index is 2.25. The summed E-state index contributed by atoms with van der Waals surface area (Å²) in [7, 11) is 1.55. The Kier molecular flexibility index (Phi) is 3.84. The van der Waals surface area contributed by atoms with Gasteiger partial charge in [0.25, 0.3) is 0 Å². The fourth-order valence-electron chi connectivity index (χ4n) is 1.43. The van der Waals surface area contributed by atoms with Crippen molar-refractivity contribution in [3.05, 3.63) is 46.4 Å². The van der Waals surface area contributed by atoms with Crippen molar-refractivity contribution < 1.29 is 9.47 Å². The minimum Gasteiger partial charge on any atom is -0.494 e. The zero-order chi connectivity index (χ0) is 13.1. The van der Waals surface area contributed by atoms with E-state index in [9.17, 15) is 0 Å². The van der Waals surface area contributed by atoms with Gasteiger partial charge in [-0.2, -0.15) is 0 Å². The summed E-state index contributed by atoms with van der Waals surface area (Å²) in [5.41, 5.74) is 6.27. The lowest BCUT2D eigenvalue weighted by atomic mass is 10.3. The Labute approximate surface area is 115 Å². The van der Waals surface area contributed by atoms with Crippen LogP contribution in [0.15, 0.2) is 36.4 Å². The summed E-state index contributed by atoms with van der Waals surface area (Å²) >= 11 is 11.7. The first-order valence-corrected chi connectivity index (χ1v) is 5.92. The summed E-state index contributed by atoms with van der Waals surface area (Å²) in [5.74, 6) is 1.77. The maximum atomic E-state index is 5.91. The summed E-state index contributed by atoms with van der Waals surface area (Å²) in [4.78, 5) is 0. The van der Waals surface area contributed by atoms with Crippen LogP contribution in [0.4, 0.5) is 5.69 Å². The minimum absolute atomic E-state index is 0.441. The van der Waals surface area contributed by atoms with Crippen LogP contribution in [0.25, 0.3) is 0 Å². The van der Waals surface area contributed by atoms with Crippen molar-refractivity contribution in [1.82, 2.24) is 0 Å². The predicted molar refractivity (Wildman–Crippen MR) is 73.9 cm³/mol. The molecule has 0 spiro atoms. The number of nitrogens with two attached hydrogens (primary N) is 1. The molecular formula is C13H11Cl2NO2. The molecule has 0 atom stereocenters. The normalized spacial score (nSPS) is 10.2. The van der Waals surface area contributed by atoms with E-state index in [1.54, 1.807) is 43.5 Å². The monoisotopic (exact) mass is 283 g/mol. The van der Waals surface area contributed by atoms with Gasteiger partial charge < -0.3 is 15.2 Å². The Morgan fingerprint density at radius 3 is 2.28 bits per heavy atom. The maximum absolute atomic E-state index is 5.91. The molecule has 5 heteroatoms. The highest BCUT2D eigenvalue weighted by atomic mass is 35.5. The number of hydrogen-bond donors (Lipinski definition) is 1. The van der Waals surface area contributed by atoms with Gasteiger partial charge in [0, 0.05) is 12.1 Å². The molecule has 94 valence electrons. The van der Waals surface area contributed by atoms with E-state index >= 15 is 0 Å². The van der Waals surface area contributed by atoms with Crippen LogP contribution in [-0.2, 0) is 0 Å². The molecule has 0 aliphatic heterocycles. The van der Waals surface area contributed by atoms with E-state index in [0.29, 0.717) is 33.0 Å². The quantitative estimate of drug-likeness (QED) is 0.851. The molecule has 0 amide bonds. The van der Waals surface area contributed by atoms with Gasteiger partial charge in [-0.3, -0.25) is 0 Å². The lowest BCUT2D eigenvalue weighted by molar-refractivity contribution is 0.411. The van der Waals surface area contributed by atoms with Gasteiger partial charge in [0.15, 0.2) is 0 Å². The molecule has 0 radical (unpaired) electrons. The first-order chi connectivity index (χ1) is 8.60. The summed E-state index contributed by atoms with van der Waals surface area (Å²) < 4.78 is 10.7. The van der Waals surface area contributed by atoms with Crippen molar-refractivity contribution in [1.29, 1.82) is 0 Å². The van der Waals surface area contributed by atoms with E-state index < -0.39 is 0 Å². The minimum atomic E-state index is 0.441. The second-order valence-electron chi connectivity index (χ2n) is 3.58. The van der Waals surface area contributed by atoms with E-state index in [4.69, 9.17) is 38.4 Å². The molecule has 0 bridgehead atoms. The van der Waals surface area contributed by atoms with Crippen LogP contribution in [0.5, 0.6) is 17.2 Å². The van der Waals surface area contributed by atoms with Crippen LogP contribution >= 0.6 is 23.2 Å². The van der Waals surface area contributed by atoms with Crippen molar-refractivity contribution in [3.8, 4) is 17.2 Å². The molecule has 0 saturated heterocycles. The molecule has 0 heterocycles. The van der Waals surface area contributed by atoms with Crippen molar-refractivity contribution in [2.45, 2.75) is 0 Å². The summed E-state index contributed by atoms with van der Waals surface area (Å²) in [5, 5.41) is 0.926. The average molecular weight is 284 g/mol. The Bertz CT molecular complexity index is 573. The highest BCUT2D eigenvalue weighted by Crippen LogP contribution is 2.32. The average Bonchev–Trinajstić information content (AvgIpc) is 2.36. The number of benzene rings is 2. The summed E-state index contributed by atoms with van der Waals surface area (Å²) in [6, 6.07) is 10.2. The van der Waals surface area contributed by atoms with Gasteiger partial charge in [-0.15, -0.1) is 0 Å². The third-order valence-corrected chi connectivity index (χ3v) is 3.07. The molecule has 0 aromatic heterocycles. The third-order valence-electron chi connectivity index (χ3n) is 2.33. The van der Waals surface area contributed by atoms with Gasteiger partial charge in [-0.05, 0) is 24.3 Å². The molecule has 2 aromatic carbocycles. The molecule has 18 heavy (non-hydrogen) atoms. The zero-order valence-electron chi connectivity index (χ0n) is 9.61. The van der Waals surface area contributed by atoms with E-state index in [0.717, 1.165) is 0 Å². The molecule has 2 rings (SSSR count). The van der Waals surface area contributed by atoms with E-state index in [1.165, 1.54) is 0 Å².